The van der Waals surface area contributed by atoms with Gasteiger partial charge in [0, 0.05) is 5.92 Å². The molecule has 0 aromatic heterocycles. The van der Waals surface area contributed by atoms with E-state index in [2.05, 4.69) is 27.7 Å². The topological polar surface area (TPSA) is 29.5 Å². The highest BCUT2D eigenvalue weighted by molar-refractivity contribution is 5.06. The summed E-state index contributed by atoms with van der Waals surface area (Å²) in [6, 6.07) is 0. The number of rotatable bonds is 1. The molecule has 0 amide bonds. The molecule has 2 aliphatic rings. The van der Waals surface area contributed by atoms with Crippen LogP contribution in [0.15, 0.2) is 0 Å². The van der Waals surface area contributed by atoms with Gasteiger partial charge in [0.15, 0.2) is 0 Å². The summed E-state index contributed by atoms with van der Waals surface area (Å²) in [5, 5.41) is 10.4. The third-order valence-electron chi connectivity index (χ3n) is 3.94. The van der Waals surface area contributed by atoms with Gasteiger partial charge < -0.3 is 9.84 Å². The van der Waals surface area contributed by atoms with Crippen molar-refractivity contribution in [3.63, 3.8) is 0 Å². The van der Waals surface area contributed by atoms with E-state index < -0.39 is 5.60 Å². The monoisotopic (exact) mass is 198 g/mol. The second-order valence-electron chi connectivity index (χ2n) is 6.18. The minimum atomic E-state index is -0.433. The maximum atomic E-state index is 10.4. The van der Waals surface area contributed by atoms with Crippen LogP contribution in [0.2, 0.25) is 0 Å². The van der Waals surface area contributed by atoms with E-state index in [0.717, 1.165) is 19.3 Å². The van der Waals surface area contributed by atoms with Gasteiger partial charge in [0.1, 0.15) is 0 Å². The molecule has 2 heteroatoms. The highest BCUT2D eigenvalue weighted by atomic mass is 16.5. The number of hydrogen-bond donors (Lipinski definition) is 1. The summed E-state index contributed by atoms with van der Waals surface area (Å²) in [5.74, 6) is 0.304. The molecule has 2 nitrogen and oxygen atoms in total. The van der Waals surface area contributed by atoms with Crippen LogP contribution in [0, 0.1) is 5.92 Å². The molecule has 1 saturated heterocycles. The first-order chi connectivity index (χ1) is 6.25. The molecule has 0 bridgehead atoms. The fourth-order valence-electron chi connectivity index (χ4n) is 3.29. The van der Waals surface area contributed by atoms with Crippen molar-refractivity contribution in [3.05, 3.63) is 0 Å². The lowest BCUT2D eigenvalue weighted by Gasteiger charge is -2.46. The van der Waals surface area contributed by atoms with Gasteiger partial charge in [-0.05, 0) is 53.4 Å². The van der Waals surface area contributed by atoms with Crippen LogP contribution >= 0.6 is 0 Å². The molecule has 0 radical (unpaired) electrons. The van der Waals surface area contributed by atoms with Crippen molar-refractivity contribution >= 4 is 0 Å². The van der Waals surface area contributed by atoms with Crippen molar-refractivity contribution in [1.29, 1.82) is 0 Å². The Balaban J connectivity index is 2.19. The van der Waals surface area contributed by atoms with Crippen molar-refractivity contribution in [2.45, 2.75) is 70.2 Å². The van der Waals surface area contributed by atoms with Crippen LogP contribution in [0.1, 0.15) is 53.4 Å². The zero-order chi connectivity index (χ0) is 10.6. The Morgan fingerprint density at radius 1 is 1.14 bits per heavy atom. The summed E-state index contributed by atoms with van der Waals surface area (Å²) in [6.07, 6.45) is 4.07. The SMILES string of the molecule is CC1(C)CC(C2(O)CCC2)C(C)(C)O1. The number of hydrogen-bond acceptors (Lipinski definition) is 2. The average molecular weight is 198 g/mol. The molecule has 1 saturated carbocycles. The number of ether oxygens (including phenoxy) is 1. The van der Waals surface area contributed by atoms with E-state index in [-0.39, 0.29) is 11.2 Å². The summed E-state index contributed by atoms with van der Waals surface area (Å²) in [4.78, 5) is 0. The number of aliphatic hydroxyl groups is 1. The van der Waals surface area contributed by atoms with Gasteiger partial charge in [-0.1, -0.05) is 0 Å². The molecule has 1 atom stereocenters. The summed E-state index contributed by atoms with van der Waals surface area (Å²) in [6.45, 7) is 8.47. The van der Waals surface area contributed by atoms with Crippen LogP contribution in [-0.2, 0) is 4.74 Å². The Morgan fingerprint density at radius 3 is 2.00 bits per heavy atom. The average Bonchev–Trinajstić information content (AvgIpc) is 2.14. The van der Waals surface area contributed by atoms with Gasteiger partial charge in [0.2, 0.25) is 0 Å². The largest absolute Gasteiger partial charge is 0.389 e. The molecule has 1 unspecified atom stereocenters. The predicted molar refractivity (Wildman–Crippen MR) is 56.2 cm³/mol. The van der Waals surface area contributed by atoms with E-state index in [1.807, 2.05) is 0 Å². The maximum absolute atomic E-state index is 10.4. The van der Waals surface area contributed by atoms with Crippen LogP contribution in [0.5, 0.6) is 0 Å². The zero-order valence-electron chi connectivity index (χ0n) is 9.76. The fraction of sp³-hybridized carbons (Fsp3) is 1.00. The summed E-state index contributed by atoms with van der Waals surface area (Å²) < 4.78 is 6.01. The molecule has 0 aromatic carbocycles. The van der Waals surface area contributed by atoms with Gasteiger partial charge in [-0.15, -0.1) is 0 Å². The van der Waals surface area contributed by atoms with E-state index in [1.54, 1.807) is 0 Å². The van der Waals surface area contributed by atoms with Crippen LogP contribution < -0.4 is 0 Å². The van der Waals surface area contributed by atoms with Crippen molar-refractivity contribution in [3.8, 4) is 0 Å². The summed E-state index contributed by atoms with van der Waals surface area (Å²) >= 11 is 0. The van der Waals surface area contributed by atoms with Gasteiger partial charge in [-0.25, -0.2) is 0 Å². The first-order valence-corrected chi connectivity index (χ1v) is 5.68. The van der Waals surface area contributed by atoms with Crippen LogP contribution in [-0.4, -0.2) is 21.9 Å². The highest BCUT2D eigenvalue weighted by Crippen LogP contribution is 2.52. The van der Waals surface area contributed by atoms with E-state index in [1.165, 1.54) is 6.42 Å². The van der Waals surface area contributed by atoms with E-state index >= 15 is 0 Å². The van der Waals surface area contributed by atoms with Gasteiger partial charge in [0.05, 0.1) is 16.8 Å². The molecule has 1 heterocycles. The zero-order valence-corrected chi connectivity index (χ0v) is 9.76. The van der Waals surface area contributed by atoms with Crippen molar-refractivity contribution in [1.82, 2.24) is 0 Å². The normalized spacial score (nSPS) is 37.9. The van der Waals surface area contributed by atoms with Crippen LogP contribution in [0.25, 0.3) is 0 Å². The molecule has 1 aliphatic carbocycles. The van der Waals surface area contributed by atoms with Gasteiger partial charge >= 0.3 is 0 Å². The first kappa shape index (κ1) is 10.4. The molecule has 1 N–H and O–H groups in total. The predicted octanol–water partition coefficient (Wildman–Crippen LogP) is 2.50. The smallest absolute Gasteiger partial charge is 0.0704 e. The summed E-state index contributed by atoms with van der Waals surface area (Å²) in [5.41, 5.74) is -0.671. The highest BCUT2D eigenvalue weighted by Gasteiger charge is 2.56. The van der Waals surface area contributed by atoms with E-state index in [0.29, 0.717) is 5.92 Å². The maximum Gasteiger partial charge on any atom is 0.0704 e. The van der Waals surface area contributed by atoms with Crippen LogP contribution in [0.4, 0.5) is 0 Å². The molecule has 14 heavy (non-hydrogen) atoms. The van der Waals surface area contributed by atoms with Crippen molar-refractivity contribution in [2.24, 2.45) is 5.92 Å². The minimum absolute atomic E-state index is 0.0700. The van der Waals surface area contributed by atoms with E-state index in [9.17, 15) is 5.11 Å². The molecular weight excluding hydrogens is 176 g/mol. The van der Waals surface area contributed by atoms with Gasteiger partial charge in [-0.3, -0.25) is 0 Å². The third kappa shape index (κ3) is 1.49. The lowest BCUT2D eigenvalue weighted by Crippen LogP contribution is -2.51. The Labute approximate surface area is 86.6 Å². The van der Waals surface area contributed by atoms with Crippen molar-refractivity contribution < 1.29 is 9.84 Å². The molecule has 1 aliphatic heterocycles. The second kappa shape index (κ2) is 2.73. The molecule has 0 spiro atoms. The molecule has 0 aromatic rings. The fourth-order valence-corrected chi connectivity index (χ4v) is 3.29. The Hall–Kier alpha value is -0.0800. The summed E-state index contributed by atoms with van der Waals surface area (Å²) in [7, 11) is 0. The van der Waals surface area contributed by atoms with Gasteiger partial charge in [-0.2, -0.15) is 0 Å². The molecule has 2 rings (SSSR count). The lowest BCUT2D eigenvalue weighted by molar-refractivity contribution is -0.141. The van der Waals surface area contributed by atoms with E-state index in [4.69, 9.17) is 4.74 Å². The second-order valence-corrected chi connectivity index (χ2v) is 6.18. The Morgan fingerprint density at radius 2 is 1.71 bits per heavy atom. The van der Waals surface area contributed by atoms with Gasteiger partial charge in [0.25, 0.3) is 0 Å². The van der Waals surface area contributed by atoms with Crippen LogP contribution in [0.3, 0.4) is 0 Å². The third-order valence-corrected chi connectivity index (χ3v) is 3.94. The standard InChI is InChI=1S/C12H22O2/c1-10(2)8-9(11(3,4)14-10)12(13)6-5-7-12/h9,13H,5-8H2,1-4H3. The Bertz CT molecular complexity index is 239. The quantitative estimate of drug-likeness (QED) is 0.701. The first-order valence-electron chi connectivity index (χ1n) is 5.68. The molecular formula is C12H22O2. The van der Waals surface area contributed by atoms with Crippen molar-refractivity contribution in [2.75, 3.05) is 0 Å². The minimum Gasteiger partial charge on any atom is -0.389 e. The molecule has 2 fully saturated rings. The molecule has 82 valence electrons. The lowest BCUT2D eigenvalue weighted by atomic mass is 9.64. The Kier molecular flexibility index (Phi) is 2.04.